The highest BCUT2D eigenvalue weighted by Gasteiger charge is 2.41. The summed E-state index contributed by atoms with van der Waals surface area (Å²) in [5.74, 6) is 0.190. The standard InChI is InChI=1S/C15H23BrN2O2/c1-4-11-14(16)12(18(5-2)17-11)10-13(19)15(20-3)8-6-7-9-15/h4-10H2,1-3H3. The van der Waals surface area contributed by atoms with E-state index in [1.807, 2.05) is 4.68 Å². The van der Waals surface area contributed by atoms with Crippen molar-refractivity contribution in [2.45, 2.75) is 64.5 Å². The lowest BCUT2D eigenvalue weighted by atomic mass is 9.93. The molecule has 0 saturated heterocycles. The van der Waals surface area contributed by atoms with Gasteiger partial charge < -0.3 is 4.74 Å². The monoisotopic (exact) mass is 342 g/mol. The van der Waals surface area contributed by atoms with Crippen LogP contribution in [0.25, 0.3) is 0 Å². The zero-order chi connectivity index (χ0) is 14.8. The van der Waals surface area contributed by atoms with Crippen LogP contribution in [-0.2, 0) is 28.9 Å². The molecule has 1 aromatic heterocycles. The first kappa shape index (κ1) is 15.7. The molecule has 0 unspecified atom stereocenters. The molecule has 20 heavy (non-hydrogen) atoms. The third-order valence-electron chi connectivity index (χ3n) is 4.33. The Bertz CT molecular complexity index is 490. The number of Topliss-reactive ketones (excluding diaryl/α,β-unsaturated/α-hetero) is 1. The predicted molar refractivity (Wildman–Crippen MR) is 81.9 cm³/mol. The molecule has 1 aromatic rings. The lowest BCUT2D eigenvalue weighted by Crippen LogP contribution is -2.39. The Labute approximate surface area is 129 Å². The number of aromatic nitrogens is 2. The van der Waals surface area contributed by atoms with E-state index in [0.29, 0.717) is 6.42 Å². The minimum Gasteiger partial charge on any atom is -0.370 e. The molecule has 5 heteroatoms. The van der Waals surface area contributed by atoms with Gasteiger partial charge in [-0.1, -0.05) is 6.92 Å². The van der Waals surface area contributed by atoms with Crippen molar-refractivity contribution in [2.24, 2.45) is 0 Å². The molecule has 1 aliphatic rings. The van der Waals surface area contributed by atoms with Crippen molar-refractivity contribution in [3.8, 4) is 0 Å². The number of ketones is 1. The summed E-state index contributed by atoms with van der Waals surface area (Å²) in [6.45, 7) is 4.90. The molecule has 1 aliphatic carbocycles. The number of nitrogens with zero attached hydrogens (tertiary/aromatic N) is 2. The van der Waals surface area contributed by atoms with Gasteiger partial charge in [-0.15, -0.1) is 0 Å². The first-order valence-electron chi connectivity index (χ1n) is 7.40. The number of halogens is 1. The van der Waals surface area contributed by atoms with Crippen LogP contribution in [0.1, 0.15) is 50.9 Å². The molecule has 0 aromatic carbocycles. The molecular weight excluding hydrogens is 320 g/mol. The van der Waals surface area contributed by atoms with E-state index in [-0.39, 0.29) is 5.78 Å². The van der Waals surface area contributed by atoms with Crippen LogP contribution in [0.5, 0.6) is 0 Å². The average Bonchev–Trinajstić information content (AvgIpc) is 3.06. The summed E-state index contributed by atoms with van der Waals surface area (Å²) in [5, 5.41) is 4.55. The second-order valence-corrected chi connectivity index (χ2v) is 6.18. The third kappa shape index (κ3) is 2.70. The number of hydrogen-bond acceptors (Lipinski definition) is 3. The van der Waals surface area contributed by atoms with E-state index in [1.54, 1.807) is 7.11 Å². The molecule has 0 bridgehead atoms. The molecule has 1 saturated carbocycles. The molecule has 0 radical (unpaired) electrons. The lowest BCUT2D eigenvalue weighted by molar-refractivity contribution is -0.139. The van der Waals surface area contributed by atoms with E-state index in [4.69, 9.17) is 4.74 Å². The van der Waals surface area contributed by atoms with Crippen LogP contribution in [0.3, 0.4) is 0 Å². The topological polar surface area (TPSA) is 44.1 Å². The quantitative estimate of drug-likeness (QED) is 0.796. The highest BCUT2D eigenvalue weighted by Crippen LogP contribution is 2.35. The molecule has 0 spiro atoms. The Morgan fingerprint density at radius 1 is 1.40 bits per heavy atom. The van der Waals surface area contributed by atoms with E-state index in [2.05, 4.69) is 34.9 Å². The third-order valence-corrected chi connectivity index (χ3v) is 5.25. The Hall–Kier alpha value is -0.680. The van der Waals surface area contributed by atoms with E-state index >= 15 is 0 Å². The fourth-order valence-electron chi connectivity index (χ4n) is 3.04. The van der Waals surface area contributed by atoms with E-state index in [9.17, 15) is 4.79 Å². The Kier molecular flexibility index (Phi) is 5.02. The van der Waals surface area contributed by atoms with Crippen LogP contribution in [0.2, 0.25) is 0 Å². The summed E-state index contributed by atoms with van der Waals surface area (Å²) in [6, 6.07) is 0. The summed E-state index contributed by atoms with van der Waals surface area (Å²) in [6.07, 6.45) is 5.11. The molecule has 2 rings (SSSR count). The Morgan fingerprint density at radius 2 is 2.05 bits per heavy atom. The van der Waals surface area contributed by atoms with Gasteiger partial charge in [0.1, 0.15) is 5.60 Å². The number of rotatable bonds is 6. The summed E-state index contributed by atoms with van der Waals surface area (Å²) in [7, 11) is 1.66. The SMILES string of the molecule is CCc1nn(CC)c(CC(=O)C2(OC)CCCC2)c1Br. The highest BCUT2D eigenvalue weighted by molar-refractivity contribution is 9.10. The maximum atomic E-state index is 12.7. The molecule has 112 valence electrons. The normalized spacial score (nSPS) is 17.6. The van der Waals surface area contributed by atoms with E-state index in [0.717, 1.165) is 54.5 Å². The Balaban J connectivity index is 2.25. The summed E-state index contributed by atoms with van der Waals surface area (Å²) in [5.41, 5.74) is 1.44. The minimum atomic E-state index is -0.561. The summed E-state index contributed by atoms with van der Waals surface area (Å²) >= 11 is 3.60. The number of carbonyl (C=O) groups excluding carboxylic acids is 1. The van der Waals surface area contributed by atoms with Gasteiger partial charge in [0.15, 0.2) is 5.78 Å². The van der Waals surface area contributed by atoms with Crippen LogP contribution in [-0.4, -0.2) is 28.3 Å². The Morgan fingerprint density at radius 3 is 2.55 bits per heavy atom. The zero-order valence-corrected chi connectivity index (χ0v) is 14.1. The number of hydrogen-bond donors (Lipinski definition) is 0. The van der Waals surface area contributed by atoms with Crippen LogP contribution < -0.4 is 0 Å². The zero-order valence-electron chi connectivity index (χ0n) is 12.5. The van der Waals surface area contributed by atoms with Gasteiger partial charge in [-0.25, -0.2) is 0 Å². The van der Waals surface area contributed by atoms with Gasteiger partial charge in [0.25, 0.3) is 0 Å². The number of methoxy groups -OCH3 is 1. The van der Waals surface area contributed by atoms with Gasteiger partial charge in [-0.3, -0.25) is 9.48 Å². The maximum Gasteiger partial charge on any atom is 0.170 e. The lowest BCUT2D eigenvalue weighted by Gasteiger charge is -2.25. The molecule has 0 atom stereocenters. The number of carbonyl (C=O) groups is 1. The fourth-order valence-corrected chi connectivity index (χ4v) is 3.75. The van der Waals surface area contributed by atoms with Crippen molar-refractivity contribution in [1.82, 2.24) is 9.78 Å². The van der Waals surface area contributed by atoms with Crippen LogP contribution in [0.15, 0.2) is 4.47 Å². The summed E-state index contributed by atoms with van der Waals surface area (Å²) in [4.78, 5) is 12.7. The molecule has 4 nitrogen and oxygen atoms in total. The molecule has 1 fully saturated rings. The van der Waals surface area contributed by atoms with Gasteiger partial charge in [-0.05, 0) is 55.0 Å². The van der Waals surface area contributed by atoms with E-state index in [1.165, 1.54) is 0 Å². The first-order chi connectivity index (χ1) is 9.57. The van der Waals surface area contributed by atoms with Crippen molar-refractivity contribution in [3.05, 3.63) is 15.9 Å². The van der Waals surface area contributed by atoms with Crippen LogP contribution in [0, 0.1) is 0 Å². The second kappa shape index (κ2) is 6.39. The number of ether oxygens (including phenoxy) is 1. The van der Waals surface area contributed by atoms with Crippen molar-refractivity contribution in [2.75, 3.05) is 7.11 Å². The predicted octanol–water partition coefficient (Wildman–Crippen LogP) is 3.30. The van der Waals surface area contributed by atoms with Gasteiger partial charge in [-0.2, -0.15) is 5.10 Å². The molecule has 1 heterocycles. The molecule has 0 aliphatic heterocycles. The van der Waals surface area contributed by atoms with Crippen molar-refractivity contribution in [1.29, 1.82) is 0 Å². The molecule has 0 N–H and O–H groups in total. The van der Waals surface area contributed by atoms with Gasteiger partial charge in [0.2, 0.25) is 0 Å². The average molecular weight is 343 g/mol. The van der Waals surface area contributed by atoms with Crippen molar-refractivity contribution in [3.63, 3.8) is 0 Å². The second-order valence-electron chi connectivity index (χ2n) is 5.38. The van der Waals surface area contributed by atoms with Crippen molar-refractivity contribution >= 4 is 21.7 Å². The smallest absolute Gasteiger partial charge is 0.170 e. The molecular formula is C15H23BrN2O2. The van der Waals surface area contributed by atoms with Gasteiger partial charge >= 0.3 is 0 Å². The van der Waals surface area contributed by atoms with Gasteiger partial charge in [0.05, 0.1) is 22.3 Å². The first-order valence-corrected chi connectivity index (χ1v) is 8.19. The molecule has 0 amide bonds. The fraction of sp³-hybridized carbons (Fsp3) is 0.733. The number of aryl methyl sites for hydroxylation is 2. The summed E-state index contributed by atoms with van der Waals surface area (Å²) < 4.78 is 8.50. The van der Waals surface area contributed by atoms with Crippen LogP contribution >= 0.6 is 15.9 Å². The minimum absolute atomic E-state index is 0.190. The van der Waals surface area contributed by atoms with Crippen molar-refractivity contribution < 1.29 is 9.53 Å². The largest absolute Gasteiger partial charge is 0.370 e. The van der Waals surface area contributed by atoms with Gasteiger partial charge in [0, 0.05) is 13.7 Å². The van der Waals surface area contributed by atoms with E-state index < -0.39 is 5.60 Å². The maximum absolute atomic E-state index is 12.7. The van der Waals surface area contributed by atoms with Crippen LogP contribution in [0.4, 0.5) is 0 Å². The highest BCUT2D eigenvalue weighted by atomic mass is 79.9.